The number of fused-ring (bicyclic) bond motifs is 5. The van der Waals surface area contributed by atoms with Gasteiger partial charge in [-0.2, -0.15) is 0 Å². The molecular formula is C21H26O3. The molecule has 0 spiro atoms. The second kappa shape index (κ2) is 5.37. The first kappa shape index (κ1) is 15.7. The predicted octanol–water partition coefficient (Wildman–Crippen LogP) is 4.14. The minimum absolute atomic E-state index is 0.00605. The number of benzene rings is 1. The second-order valence-corrected chi connectivity index (χ2v) is 8.00. The van der Waals surface area contributed by atoms with E-state index in [9.17, 15) is 4.79 Å². The Morgan fingerprint density at radius 3 is 2.83 bits per heavy atom. The fourth-order valence-corrected chi connectivity index (χ4v) is 5.18. The Bertz CT molecular complexity index is 731. The van der Waals surface area contributed by atoms with Gasteiger partial charge in [0.1, 0.15) is 12.4 Å². The van der Waals surface area contributed by atoms with Gasteiger partial charge in [-0.3, -0.25) is 4.79 Å². The third kappa shape index (κ3) is 2.00. The van der Waals surface area contributed by atoms with Crippen LogP contribution in [-0.4, -0.2) is 19.7 Å². The summed E-state index contributed by atoms with van der Waals surface area (Å²) in [6.07, 6.45) is 5.25. The van der Waals surface area contributed by atoms with Gasteiger partial charge in [-0.15, -0.1) is 0 Å². The molecule has 1 aliphatic heterocycles. The Morgan fingerprint density at radius 1 is 1.33 bits per heavy atom. The Labute approximate surface area is 144 Å². The molecule has 2 aliphatic carbocycles. The first-order valence-electron chi connectivity index (χ1n) is 9.03. The summed E-state index contributed by atoms with van der Waals surface area (Å²) in [5.74, 6) is 1.79. The number of ether oxygens (including phenoxy) is 2. The van der Waals surface area contributed by atoms with Gasteiger partial charge >= 0.3 is 5.97 Å². The van der Waals surface area contributed by atoms with Crippen molar-refractivity contribution in [3.05, 3.63) is 40.5 Å². The van der Waals surface area contributed by atoms with E-state index in [-0.39, 0.29) is 17.3 Å². The number of methoxy groups -OCH3 is 1. The molecule has 4 rings (SSSR count). The number of cyclic esters (lactones) is 1. The Morgan fingerprint density at radius 2 is 2.12 bits per heavy atom. The maximum atomic E-state index is 12.3. The summed E-state index contributed by atoms with van der Waals surface area (Å²) in [6, 6.07) is 4.51. The van der Waals surface area contributed by atoms with Gasteiger partial charge in [0, 0.05) is 5.41 Å². The van der Waals surface area contributed by atoms with Crippen LogP contribution in [0.1, 0.15) is 56.2 Å². The van der Waals surface area contributed by atoms with Crippen molar-refractivity contribution in [3.8, 4) is 5.75 Å². The van der Waals surface area contributed by atoms with Crippen LogP contribution in [0.25, 0.3) is 0 Å². The van der Waals surface area contributed by atoms with Crippen molar-refractivity contribution in [2.75, 3.05) is 13.7 Å². The summed E-state index contributed by atoms with van der Waals surface area (Å²) in [6.45, 7) is 7.24. The first-order chi connectivity index (χ1) is 11.5. The highest BCUT2D eigenvalue weighted by Crippen LogP contribution is 2.55. The molecule has 0 bridgehead atoms. The van der Waals surface area contributed by atoms with Gasteiger partial charge in [0.05, 0.1) is 13.0 Å². The molecule has 0 unspecified atom stereocenters. The van der Waals surface area contributed by atoms with Crippen molar-refractivity contribution in [1.29, 1.82) is 0 Å². The first-order valence-corrected chi connectivity index (χ1v) is 9.03. The van der Waals surface area contributed by atoms with E-state index in [2.05, 4.69) is 39.0 Å². The number of carbonyl (C=O) groups excluding carboxylic acids is 1. The van der Waals surface area contributed by atoms with Crippen LogP contribution in [0.3, 0.4) is 0 Å². The molecule has 24 heavy (non-hydrogen) atoms. The van der Waals surface area contributed by atoms with E-state index < -0.39 is 0 Å². The maximum Gasteiger partial charge on any atom is 0.313 e. The molecular weight excluding hydrogens is 300 g/mol. The molecule has 1 heterocycles. The Hall–Kier alpha value is -1.77. The van der Waals surface area contributed by atoms with Crippen molar-refractivity contribution in [3.63, 3.8) is 0 Å². The summed E-state index contributed by atoms with van der Waals surface area (Å²) < 4.78 is 11.2. The largest absolute Gasteiger partial charge is 0.496 e. The van der Waals surface area contributed by atoms with Gasteiger partial charge in [-0.25, -0.2) is 0 Å². The SMILES string of the molecule is COc1c(C(C)C)ccc2c1CC[C@H]1[C@@H]3C(=O)OCC3=CC[C@]21C. The normalized spacial score (nSPS) is 31.0. The quantitative estimate of drug-likeness (QED) is 0.605. The summed E-state index contributed by atoms with van der Waals surface area (Å²) in [5.41, 5.74) is 5.21. The van der Waals surface area contributed by atoms with E-state index in [1.165, 1.54) is 22.3 Å². The molecule has 1 fully saturated rings. The lowest BCUT2D eigenvalue weighted by molar-refractivity contribution is -0.143. The number of hydrogen-bond acceptors (Lipinski definition) is 3. The summed E-state index contributed by atoms with van der Waals surface area (Å²) in [5, 5.41) is 0. The van der Waals surface area contributed by atoms with Crippen LogP contribution >= 0.6 is 0 Å². The standard InChI is InChI=1S/C21H26O3/c1-12(2)14-5-7-16-15(19(14)23-4)6-8-17-18-13(11-24-20(18)22)9-10-21(16,17)3/h5,7,9,12,17-18H,6,8,10-11H2,1-4H3/t17-,18+,21+/m0/s1. The van der Waals surface area contributed by atoms with E-state index in [4.69, 9.17) is 9.47 Å². The van der Waals surface area contributed by atoms with Crippen LogP contribution in [0.2, 0.25) is 0 Å². The number of carbonyl (C=O) groups is 1. The number of allylic oxidation sites excluding steroid dienone is 1. The van der Waals surface area contributed by atoms with Crippen LogP contribution in [0, 0.1) is 11.8 Å². The molecule has 3 nitrogen and oxygen atoms in total. The number of rotatable bonds is 2. The lowest BCUT2D eigenvalue weighted by Gasteiger charge is -2.47. The maximum absolute atomic E-state index is 12.3. The van der Waals surface area contributed by atoms with E-state index in [0.717, 1.165) is 25.0 Å². The zero-order valence-corrected chi connectivity index (χ0v) is 15.0. The van der Waals surface area contributed by atoms with E-state index in [0.29, 0.717) is 18.4 Å². The molecule has 0 saturated carbocycles. The van der Waals surface area contributed by atoms with Gasteiger partial charge in [0.2, 0.25) is 0 Å². The average Bonchev–Trinajstić information content (AvgIpc) is 2.94. The highest BCUT2D eigenvalue weighted by atomic mass is 16.5. The van der Waals surface area contributed by atoms with Crippen molar-refractivity contribution >= 4 is 5.97 Å². The zero-order chi connectivity index (χ0) is 17.1. The van der Waals surface area contributed by atoms with Gasteiger partial charge < -0.3 is 9.47 Å². The van der Waals surface area contributed by atoms with Gasteiger partial charge in [0.25, 0.3) is 0 Å². The number of esters is 1. The third-order valence-corrected chi connectivity index (χ3v) is 6.48. The smallest absolute Gasteiger partial charge is 0.313 e. The minimum atomic E-state index is -0.0346. The highest BCUT2D eigenvalue weighted by Gasteiger charge is 2.52. The molecule has 0 amide bonds. The summed E-state index contributed by atoms with van der Waals surface area (Å²) in [7, 11) is 1.78. The number of hydrogen-bond donors (Lipinski definition) is 0. The molecule has 3 heteroatoms. The lowest BCUT2D eigenvalue weighted by Crippen LogP contribution is -2.45. The van der Waals surface area contributed by atoms with Crippen LogP contribution < -0.4 is 4.74 Å². The van der Waals surface area contributed by atoms with Gasteiger partial charge in [-0.05, 0) is 53.4 Å². The molecule has 1 aromatic rings. The second-order valence-electron chi connectivity index (χ2n) is 8.00. The molecule has 0 aromatic heterocycles. The van der Waals surface area contributed by atoms with E-state index >= 15 is 0 Å². The van der Waals surface area contributed by atoms with Gasteiger partial charge in [0.15, 0.2) is 0 Å². The van der Waals surface area contributed by atoms with Crippen LogP contribution in [-0.2, 0) is 21.4 Å². The van der Waals surface area contributed by atoms with Crippen molar-refractivity contribution in [2.45, 2.75) is 51.4 Å². The summed E-state index contributed by atoms with van der Waals surface area (Å²) in [4.78, 5) is 12.3. The van der Waals surface area contributed by atoms with Crippen LogP contribution in [0.5, 0.6) is 5.75 Å². The van der Waals surface area contributed by atoms with Crippen molar-refractivity contribution in [2.24, 2.45) is 11.8 Å². The van der Waals surface area contributed by atoms with E-state index in [1.807, 2.05) is 0 Å². The minimum Gasteiger partial charge on any atom is -0.496 e. The predicted molar refractivity (Wildman–Crippen MR) is 93.4 cm³/mol. The molecule has 0 radical (unpaired) electrons. The fraction of sp³-hybridized carbons (Fsp3) is 0.571. The molecule has 3 atom stereocenters. The van der Waals surface area contributed by atoms with E-state index in [1.54, 1.807) is 7.11 Å². The molecule has 1 aromatic carbocycles. The highest BCUT2D eigenvalue weighted by molar-refractivity contribution is 5.80. The molecule has 0 N–H and O–H groups in total. The fourth-order valence-electron chi connectivity index (χ4n) is 5.18. The van der Waals surface area contributed by atoms with Crippen LogP contribution in [0.15, 0.2) is 23.8 Å². The Kier molecular flexibility index (Phi) is 3.52. The lowest BCUT2D eigenvalue weighted by atomic mass is 9.55. The zero-order valence-electron chi connectivity index (χ0n) is 15.0. The van der Waals surface area contributed by atoms with Gasteiger partial charge in [-0.1, -0.05) is 39.0 Å². The monoisotopic (exact) mass is 326 g/mol. The Balaban J connectivity index is 1.85. The van der Waals surface area contributed by atoms with Crippen molar-refractivity contribution in [1.82, 2.24) is 0 Å². The average molecular weight is 326 g/mol. The topological polar surface area (TPSA) is 35.5 Å². The molecule has 128 valence electrons. The third-order valence-electron chi connectivity index (χ3n) is 6.48. The molecule has 1 saturated heterocycles. The van der Waals surface area contributed by atoms with Crippen molar-refractivity contribution < 1.29 is 14.3 Å². The summed E-state index contributed by atoms with van der Waals surface area (Å²) >= 11 is 0. The molecule has 3 aliphatic rings. The van der Waals surface area contributed by atoms with Crippen LogP contribution in [0.4, 0.5) is 0 Å².